The highest BCUT2D eigenvalue weighted by molar-refractivity contribution is 5.73. The normalized spacial score (nSPS) is 17.9. The molecule has 6 heteroatoms. The Morgan fingerprint density at radius 1 is 1.17 bits per heavy atom. The summed E-state index contributed by atoms with van der Waals surface area (Å²) in [4.78, 5) is 24.6. The first-order valence-corrected chi connectivity index (χ1v) is 7.63. The lowest BCUT2D eigenvalue weighted by Gasteiger charge is -2.41. The summed E-state index contributed by atoms with van der Waals surface area (Å²) >= 11 is 0. The SMILES string of the molecule is COc1ccccc1C1CN(C(C)=O)CCN1c1ncccn1. The number of nitrogens with zero attached hydrogens (tertiary/aromatic N) is 4. The number of rotatable bonds is 3. The fraction of sp³-hybridized carbons (Fsp3) is 0.353. The standard InChI is InChI=1S/C17H20N4O2/c1-13(22)20-10-11-21(17-18-8-5-9-19-17)15(12-20)14-6-3-4-7-16(14)23-2/h3-9,15H,10-12H2,1-2H3. The molecule has 1 aliphatic heterocycles. The first-order chi connectivity index (χ1) is 11.2. The summed E-state index contributed by atoms with van der Waals surface area (Å²) in [5.74, 6) is 1.56. The zero-order valence-electron chi connectivity index (χ0n) is 13.3. The maximum absolute atomic E-state index is 11.8. The second kappa shape index (κ2) is 6.64. The molecule has 0 spiro atoms. The fourth-order valence-electron chi connectivity index (χ4n) is 2.96. The van der Waals surface area contributed by atoms with Crippen molar-refractivity contribution in [3.8, 4) is 5.75 Å². The number of carbonyl (C=O) groups is 1. The van der Waals surface area contributed by atoms with Gasteiger partial charge in [-0.25, -0.2) is 9.97 Å². The van der Waals surface area contributed by atoms with Gasteiger partial charge in [-0.1, -0.05) is 18.2 Å². The van der Waals surface area contributed by atoms with E-state index in [0.717, 1.165) is 11.3 Å². The minimum atomic E-state index is -0.0359. The average molecular weight is 312 g/mol. The molecule has 120 valence electrons. The van der Waals surface area contributed by atoms with Crippen LogP contribution in [-0.2, 0) is 4.79 Å². The van der Waals surface area contributed by atoms with Crippen molar-refractivity contribution in [3.05, 3.63) is 48.3 Å². The van der Waals surface area contributed by atoms with E-state index in [1.54, 1.807) is 32.5 Å². The topological polar surface area (TPSA) is 58.6 Å². The third-order valence-electron chi connectivity index (χ3n) is 4.13. The number of ether oxygens (including phenoxy) is 1. The van der Waals surface area contributed by atoms with Crippen molar-refractivity contribution < 1.29 is 9.53 Å². The molecule has 1 amide bonds. The summed E-state index contributed by atoms with van der Waals surface area (Å²) in [6, 6.07) is 9.65. The van der Waals surface area contributed by atoms with Crippen LogP contribution in [-0.4, -0.2) is 47.5 Å². The molecule has 1 saturated heterocycles. The van der Waals surface area contributed by atoms with Crippen molar-refractivity contribution in [3.63, 3.8) is 0 Å². The smallest absolute Gasteiger partial charge is 0.225 e. The molecule has 1 aliphatic rings. The molecule has 3 rings (SSSR count). The van der Waals surface area contributed by atoms with Crippen LogP contribution in [0.1, 0.15) is 18.5 Å². The molecule has 2 heterocycles. The molecule has 23 heavy (non-hydrogen) atoms. The van der Waals surface area contributed by atoms with Crippen LogP contribution in [0.4, 0.5) is 5.95 Å². The van der Waals surface area contributed by atoms with Crippen molar-refractivity contribution in [1.29, 1.82) is 0 Å². The van der Waals surface area contributed by atoms with Crippen LogP contribution in [0, 0.1) is 0 Å². The number of piperazine rings is 1. The zero-order valence-corrected chi connectivity index (χ0v) is 13.3. The molecule has 0 saturated carbocycles. The highest BCUT2D eigenvalue weighted by atomic mass is 16.5. The van der Waals surface area contributed by atoms with Gasteiger partial charge in [0, 0.05) is 44.5 Å². The molecule has 1 fully saturated rings. The Labute approximate surface area is 135 Å². The number of para-hydroxylation sites is 1. The minimum Gasteiger partial charge on any atom is -0.496 e. The molecule has 0 N–H and O–H groups in total. The minimum absolute atomic E-state index is 0.0359. The van der Waals surface area contributed by atoms with Gasteiger partial charge in [0.1, 0.15) is 5.75 Å². The molecule has 0 aliphatic carbocycles. The van der Waals surface area contributed by atoms with E-state index in [4.69, 9.17) is 4.74 Å². The monoisotopic (exact) mass is 312 g/mol. The molecule has 2 aromatic rings. The second-order valence-corrected chi connectivity index (χ2v) is 5.46. The van der Waals surface area contributed by atoms with E-state index in [9.17, 15) is 4.79 Å². The molecule has 1 aromatic carbocycles. The Bertz CT molecular complexity index is 677. The summed E-state index contributed by atoms with van der Waals surface area (Å²) in [5, 5.41) is 0. The Kier molecular flexibility index (Phi) is 4.41. The molecule has 1 aromatic heterocycles. The third-order valence-corrected chi connectivity index (χ3v) is 4.13. The Morgan fingerprint density at radius 3 is 2.61 bits per heavy atom. The van der Waals surface area contributed by atoms with Gasteiger partial charge in [-0.15, -0.1) is 0 Å². The Morgan fingerprint density at radius 2 is 1.91 bits per heavy atom. The largest absolute Gasteiger partial charge is 0.496 e. The van der Waals surface area contributed by atoms with Gasteiger partial charge < -0.3 is 14.5 Å². The molecule has 1 unspecified atom stereocenters. The van der Waals surface area contributed by atoms with E-state index >= 15 is 0 Å². The lowest BCUT2D eigenvalue weighted by Crippen LogP contribution is -2.50. The Balaban J connectivity index is 2.00. The van der Waals surface area contributed by atoms with Crippen LogP contribution < -0.4 is 9.64 Å². The maximum atomic E-state index is 11.8. The first kappa shape index (κ1) is 15.3. The van der Waals surface area contributed by atoms with E-state index in [1.165, 1.54) is 0 Å². The summed E-state index contributed by atoms with van der Waals surface area (Å²) in [5.41, 5.74) is 1.04. The number of amides is 1. The van der Waals surface area contributed by atoms with Gasteiger partial charge in [0.15, 0.2) is 0 Å². The van der Waals surface area contributed by atoms with Gasteiger partial charge in [0.2, 0.25) is 11.9 Å². The zero-order chi connectivity index (χ0) is 16.2. The lowest BCUT2D eigenvalue weighted by atomic mass is 10.0. The highest BCUT2D eigenvalue weighted by Crippen LogP contribution is 2.33. The molecule has 0 radical (unpaired) electrons. The van der Waals surface area contributed by atoms with Crippen LogP contribution in [0.3, 0.4) is 0 Å². The van der Waals surface area contributed by atoms with Gasteiger partial charge in [-0.2, -0.15) is 0 Å². The number of hydrogen-bond acceptors (Lipinski definition) is 5. The van der Waals surface area contributed by atoms with Crippen LogP contribution in [0.25, 0.3) is 0 Å². The number of carbonyl (C=O) groups excluding carboxylic acids is 1. The first-order valence-electron chi connectivity index (χ1n) is 7.63. The number of aromatic nitrogens is 2. The van der Waals surface area contributed by atoms with Crippen molar-refractivity contribution in [2.24, 2.45) is 0 Å². The Hall–Kier alpha value is -2.63. The molecular formula is C17H20N4O2. The van der Waals surface area contributed by atoms with E-state index in [1.807, 2.05) is 29.2 Å². The van der Waals surface area contributed by atoms with Crippen molar-refractivity contribution in [2.75, 3.05) is 31.6 Å². The molecule has 6 nitrogen and oxygen atoms in total. The van der Waals surface area contributed by atoms with Crippen molar-refractivity contribution >= 4 is 11.9 Å². The van der Waals surface area contributed by atoms with E-state index < -0.39 is 0 Å². The second-order valence-electron chi connectivity index (χ2n) is 5.46. The average Bonchev–Trinajstić information content (AvgIpc) is 2.62. The summed E-state index contributed by atoms with van der Waals surface area (Å²) < 4.78 is 5.51. The van der Waals surface area contributed by atoms with Gasteiger partial charge in [-0.3, -0.25) is 4.79 Å². The highest BCUT2D eigenvalue weighted by Gasteiger charge is 2.32. The number of anilines is 1. The summed E-state index contributed by atoms with van der Waals surface area (Å²) in [7, 11) is 1.66. The summed E-state index contributed by atoms with van der Waals surface area (Å²) in [6.45, 7) is 3.55. The molecular weight excluding hydrogens is 292 g/mol. The number of methoxy groups -OCH3 is 1. The summed E-state index contributed by atoms with van der Waals surface area (Å²) in [6.07, 6.45) is 3.47. The van der Waals surface area contributed by atoms with Crippen LogP contribution in [0.2, 0.25) is 0 Å². The van der Waals surface area contributed by atoms with E-state index in [2.05, 4.69) is 14.9 Å². The predicted octanol–water partition coefficient (Wildman–Crippen LogP) is 1.89. The molecule has 1 atom stereocenters. The van der Waals surface area contributed by atoms with Gasteiger partial charge in [-0.05, 0) is 12.1 Å². The van der Waals surface area contributed by atoms with Crippen molar-refractivity contribution in [2.45, 2.75) is 13.0 Å². The van der Waals surface area contributed by atoms with Crippen LogP contribution in [0.5, 0.6) is 5.75 Å². The van der Waals surface area contributed by atoms with Gasteiger partial charge >= 0.3 is 0 Å². The van der Waals surface area contributed by atoms with Gasteiger partial charge in [0.05, 0.1) is 13.2 Å². The number of benzene rings is 1. The van der Waals surface area contributed by atoms with Crippen LogP contribution in [0.15, 0.2) is 42.7 Å². The maximum Gasteiger partial charge on any atom is 0.225 e. The lowest BCUT2D eigenvalue weighted by molar-refractivity contribution is -0.129. The van der Waals surface area contributed by atoms with Crippen LogP contribution >= 0.6 is 0 Å². The quantitative estimate of drug-likeness (QED) is 0.866. The third kappa shape index (κ3) is 3.11. The fourth-order valence-corrected chi connectivity index (χ4v) is 2.96. The van der Waals surface area contributed by atoms with E-state index in [-0.39, 0.29) is 11.9 Å². The van der Waals surface area contributed by atoms with Gasteiger partial charge in [0.25, 0.3) is 0 Å². The number of hydrogen-bond donors (Lipinski definition) is 0. The van der Waals surface area contributed by atoms with Crippen molar-refractivity contribution in [1.82, 2.24) is 14.9 Å². The van der Waals surface area contributed by atoms with E-state index in [0.29, 0.717) is 25.6 Å². The molecule has 0 bridgehead atoms. The predicted molar refractivity (Wildman–Crippen MR) is 87.4 cm³/mol.